The van der Waals surface area contributed by atoms with Gasteiger partial charge in [-0.3, -0.25) is 4.79 Å². The molecular formula is C14H21ClN3O3+. The van der Waals surface area contributed by atoms with Crippen LogP contribution in [-0.4, -0.2) is 38.1 Å². The molecule has 0 fully saturated rings. The molecule has 1 aromatic carbocycles. The lowest BCUT2D eigenvalue weighted by atomic mass is 10.2. The number of carboxylic acids is 1. The number of aliphatic carboxylic acids is 1. The lowest BCUT2D eigenvalue weighted by Gasteiger charge is -2.16. The van der Waals surface area contributed by atoms with Crippen molar-refractivity contribution < 1.29 is 25.3 Å². The molecule has 0 unspecified atom stereocenters. The second kappa shape index (κ2) is 9.33. The highest BCUT2D eigenvalue weighted by Gasteiger charge is 2.18. The Kier molecular flexibility index (Phi) is 7.74. The number of carboxylic acid groups (broad SMARTS) is 1. The first kappa shape index (κ1) is 17.4. The molecule has 1 atom stereocenters. The SMILES string of the molecule is C[NH2+]CCC[NH2+][C@@H](CC(=O)Nc1cccc(Cl)c1)C(=O)[O-]. The van der Waals surface area contributed by atoms with E-state index >= 15 is 0 Å². The van der Waals surface area contributed by atoms with Gasteiger partial charge in [0, 0.05) is 17.1 Å². The van der Waals surface area contributed by atoms with Crippen molar-refractivity contribution in [3.05, 3.63) is 29.3 Å². The van der Waals surface area contributed by atoms with E-state index < -0.39 is 12.0 Å². The Morgan fingerprint density at radius 3 is 2.76 bits per heavy atom. The van der Waals surface area contributed by atoms with Gasteiger partial charge in [0.15, 0.2) is 0 Å². The van der Waals surface area contributed by atoms with Gasteiger partial charge in [0.1, 0.15) is 6.04 Å². The van der Waals surface area contributed by atoms with Crippen LogP contribution in [0.5, 0.6) is 0 Å². The largest absolute Gasteiger partial charge is 0.544 e. The first-order valence-electron chi connectivity index (χ1n) is 6.90. The molecule has 0 aliphatic carbocycles. The summed E-state index contributed by atoms with van der Waals surface area (Å²) in [6.45, 7) is 1.57. The summed E-state index contributed by atoms with van der Waals surface area (Å²) in [7, 11) is 1.95. The number of anilines is 1. The second-order valence-corrected chi connectivity index (χ2v) is 5.20. The number of hydrogen-bond donors (Lipinski definition) is 3. The number of benzene rings is 1. The van der Waals surface area contributed by atoms with Crippen LogP contribution < -0.4 is 21.1 Å². The van der Waals surface area contributed by atoms with Gasteiger partial charge in [-0.2, -0.15) is 0 Å². The molecule has 0 saturated heterocycles. The maximum Gasteiger partial charge on any atom is 0.230 e. The van der Waals surface area contributed by atoms with Gasteiger partial charge < -0.3 is 25.9 Å². The molecule has 7 heteroatoms. The molecule has 21 heavy (non-hydrogen) atoms. The van der Waals surface area contributed by atoms with Crippen molar-refractivity contribution in [3.63, 3.8) is 0 Å². The van der Waals surface area contributed by atoms with Crippen LogP contribution in [0.2, 0.25) is 5.02 Å². The molecule has 116 valence electrons. The van der Waals surface area contributed by atoms with Crippen LogP contribution in [0.3, 0.4) is 0 Å². The molecule has 0 aromatic heterocycles. The summed E-state index contributed by atoms with van der Waals surface area (Å²) in [6.07, 6.45) is 0.737. The third-order valence-corrected chi connectivity index (χ3v) is 3.20. The number of nitrogens with one attached hydrogen (secondary N) is 1. The fourth-order valence-electron chi connectivity index (χ4n) is 1.88. The normalized spacial score (nSPS) is 11.9. The predicted molar refractivity (Wildman–Crippen MR) is 77.6 cm³/mol. The molecule has 1 amide bonds. The number of hydrogen-bond acceptors (Lipinski definition) is 3. The van der Waals surface area contributed by atoms with Gasteiger partial charge in [0.25, 0.3) is 0 Å². The molecule has 6 nitrogen and oxygen atoms in total. The highest BCUT2D eigenvalue weighted by molar-refractivity contribution is 6.30. The number of carbonyl (C=O) groups is 2. The highest BCUT2D eigenvalue weighted by atomic mass is 35.5. The zero-order valence-electron chi connectivity index (χ0n) is 12.0. The highest BCUT2D eigenvalue weighted by Crippen LogP contribution is 2.14. The molecule has 0 saturated carbocycles. The van der Waals surface area contributed by atoms with Gasteiger partial charge in [-0.05, 0) is 18.2 Å². The minimum absolute atomic E-state index is 0.134. The molecule has 1 rings (SSSR count). The minimum Gasteiger partial charge on any atom is -0.544 e. The maximum atomic E-state index is 11.9. The standard InChI is InChI=1S/C14H20ClN3O3/c1-16-6-3-7-17-12(14(20)21)9-13(19)18-11-5-2-4-10(15)8-11/h2,4-5,8,12,16-17H,3,6-7,9H2,1H3,(H,18,19)(H,20,21)/p+1/t12-/m0/s1. The molecule has 0 aliphatic heterocycles. The van der Waals surface area contributed by atoms with Crippen LogP contribution in [0.15, 0.2) is 24.3 Å². The summed E-state index contributed by atoms with van der Waals surface area (Å²) in [5, 5.41) is 17.8. The number of quaternary nitrogens is 2. The van der Waals surface area contributed by atoms with E-state index in [2.05, 4.69) is 5.32 Å². The van der Waals surface area contributed by atoms with Crippen LogP contribution in [0.25, 0.3) is 0 Å². The van der Waals surface area contributed by atoms with Crippen molar-refractivity contribution in [1.29, 1.82) is 0 Å². The third kappa shape index (κ3) is 7.08. The van der Waals surface area contributed by atoms with Crippen LogP contribution in [0.4, 0.5) is 5.69 Å². The Hall–Kier alpha value is -1.63. The van der Waals surface area contributed by atoms with Gasteiger partial charge in [-0.25, -0.2) is 0 Å². The van der Waals surface area contributed by atoms with E-state index in [0.717, 1.165) is 13.0 Å². The Labute approximate surface area is 128 Å². The molecule has 5 N–H and O–H groups in total. The quantitative estimate of drug-likeness (QED) is 0.456. The van der Waals surface area contributed by atoms with E-state index in [1.54, 1.807) is 29.6 Å². The van der Waals surface area contributed by atoms with Gasteiger partial charge in [-0.1, -0.05) is 17.7 Å². The Balaban J connectivity index is 2.46. The van der Waals surface area contributed by atoms with Crippen LogP contribution in [-0.2, 0) is 9.59 Å². The molecular weight excluding hydrogens is 294 g/mol. The lowest BCUT2D eigenvalue weighted by Crippen LogP contribution is -2.94. The third-order valence-electron chi connectivity index (χ3n) is 2.96. The van der Waals surface area contributed by atoms with Crippen LogP contribution in [0.1, 0.15) is 12.8 Å². The zero-order valence-corrected chi connectivity index (χ0v) is 12.7. The van der Waals surface area contributed by atoms with Crippen molar-refractivity contribution in [2.24, 2.45) is 0 Å². The Bertz CT molecular complexity index is 482. The fourth-order valence-corrected chi connectivity index (χ4v) is 2.07. The monoisotopic (exact) mass is 314 g/mol. The van der Waals surface area contributed by atoms with Gasteiger partial charge in [0.05, 0.1) is 32.5 Å². The first-order chi connectivity index (χ1) is 10.0. The average Bonchev–Trinajstić information content (AvgIpc) is 2.42. The van der Waals surface area contributed by atoms with Gasteiger partial charge in [-0.15, -0.1) is 0 Å². The van der Waals surface area contributed by atoms with Gasteiger partial charge in [0.2, 0.25) is 5.91 Å². The average molecular weight is 315 g/mol. The molecule has 0 heterocycles. The predicted octanol–water partition coefficient (Wildman–Crippen LogP) is -2.07. The summed E-state index contributed by atoms with van der Waals surface area (Å²) >= 11 is 5.82. The van der Waals surface area contributed by atoms with Crippen molar-refractivity contribution in [3.8, 4) is 0 Å². The van der Waals surface area contributed by atoms with Gasteiger partial charge >= 0.3 is 0 Å². The fraction of sp³-hybridized carbons (Fsp3) is 0.429. The van der Waals surface area contributed by atoms with Crippen molar-refractivity contribution in [2.45, 2.75) is 18.9 Å². The van der Waals surface area contributed by atoms with E-state index in [-0.39, 0.29) is 12.3 Å². The van der Waals surface area contributed by atoms with Crippen molar-refractivity contribution in [2.75, 3.05) is 25.5 Å². The van der Waals surface area contributed by atoms with Crippen LogP contribution >= 0.6 is 11.6 Å². The summed E-state index contributed by atoms with van der Waals surface area (Å²) in [5.74, 6) is -1.60. The zero-order chi connectivity index (χ0) is 15.7. The summed E-state index contributed by atoms with van der Waals surface area (Å²) in [4.78, 5) is 22.9. The maximum absolute atomic E-state index is 11.9. The number of rotatable bonds is 9. The Morgan fingerprint density at radius 1 is 1.38 bits per heavy atom. The first-order valence-corrected chi connectivity index (χ1v) is 7.28. The molecule has 0 spiro atoms. The van der Waals surface area contributed by atoms with Crippen LogP contribution in [0, 0.1) is 0 Å². The molecule has 0 aliphatic rings. The number of halogens is 1. The topological polar surface area (TPSA) is 102 Å². The molecule has 0 radical (unpaired) electrons. The molecule has 0 bridgehead atoms. The molecule has 1 aromatic rings. The van der Waals surface area contributed by atoms with Crippen molar-refractivity contribution in [1.82, 2.24) is 0 Å². The van der Waals surface area contributed by atoms with E-state index in [1.165, 1.54) is 0 Å². The lowest BCUT2D eigenvalue weighted by molar-refractivity contribution is -0.692. The summed E-state index contributed by atoms with van der Waals surface area (Å²) in [5.41, 5.74) is 0.546. The van der Waals surface area contributed by atoms with E-state index in [1.807, 2.05) is 12.4 Å². The number of amides is 1. The minimum atomic E-state index is -1.23. The second-order valence-electron chi connectivity index (χ2n) is 4.76. The van der Waals surface area contributed by atoms with Crippen molar-refractivity contribution >= 4 is 29.2 Å². The summed E-state index contributed by atoms with van der Waals surface area (Å²) in [6, 6.07) is 5.83. The van der Waals surface area contributed by atoms with E-state index in [9.17, 15) is 14.7 Å². The number of carbonyl (C=O) groups excluding carboxylic acids is 2. The Morgan fingerprint density at radius 2 is 2.14 bits per heavy atom. The number of nitrogens with two attached hydrogens (primary N) is 2. The summed E-state index contributed by atoms with van der Waals surface area (Å²) < 4.78 is 0. The van der Waals surface area contributed by atoms with E-state index in [0.29, 0.717) is 17.3 Å². The smallest absolute Gasteiger partial charge is 0.230 e. The van der Waals surface area contributed by atoms with E-state index in [4.69, 9.17) is 11.6 Å².